The van der Waals surface area contributed by atoms with E-state index in [0.29, 0.717) is 30.0 Å². The summed E-state index contributed by atoms with van der Waals surface area (Å²) in [5.74, 6) is 1.61. The molecule has 8 heteroatoms. The van der Waals surface area contributed by atoms with E-state index in [4.69, 9.17) is 27.9 Å². The number of ether oxygens (including phenoxy) is 1. The summed E-state index contributed by atoms with van der Waals surface area (Å²) in [6, 6.07) is 0. The summed E-state index contributed by atoms with van der Waals surface area (Å²) in [6.45, 7) is 1.79. The molecule has 5 saturated carbocycles. The number of likely N-dealkylation sites (tertiary alicyclic amines) is 1. The van der Waals surface area contributed by atoms with Gasteiger partial charge in [-0.2, -0.15) is 0 Å². The molecular weight excluding hydrogens is 490 g/mol. The molecule has 198 valence electrons. The van der Waals surface area contributed by atoms with Gasteiger partial charge in [-0.3, -0.25) is 9.59 Å². The first-order valence-electron chi connectivity index (χ1n) is 13.9. The number of fused-ring (bicyclic) bond motifs is 3. The van der Waals surface area contributed by atoms with Gasteiger partial charge in [0.1, 0.15) is 12.8 Å². The van der Waals surface area contributed by atoms with Crippen LogP contribution in [-0.4, -0.2) is 65.0 Å². The number of nitrogens with one attached hydrogen (secondary N) is 1. The van der Waals surface area contributed by atoms with Gasteiger partial charge in [0.25, 0.3) is 0 Å². The molecule has 5 nitrogen and oxygen atoms in total. The van der Waals surface area contributed by atoms with Crippen molar-refractivity contribution in [2.45, 2.75) is 118 Å². The molecule has 6 rings (SSSR count). The lowest BCUT2D eigenvalue weighted by Crippen LogP contribution is -2.60. The highest BCUT2D eigenvalue weighted by Gasteiger charge is 2.54. The zero-order valence-electron chi connectivity index (χ0n) is 20.8. The molecule has 6 aliphatic rings. The number of nitrogens with zero attached hydrogens (tertiary/aromatic N) is 1. The minimum atomic E-state index is -1.06. The maximum atomic E-state index is 13.8. The van der Waals surface area contributed by atoms with E-state index in [1.807, 2.05) is 0 Å². The molecule has 1 saturated heterocycles. The number of halogens is 3. The largest absolute Gasteiger partial charge is 0.368 e. The Hall–Kier alpha value is -0.590. The maximum Gasteiger partial charge on any atom is 0.246 e. The van der Waals surface area contributed by atoms with E-state index in [2.05, 4.69) is 10.2 Å². The number of carbonyl (C=O) groups is 2. The number of rotatable bonds is 6. The average molecular weight is 532 g/mol. The van der Waals surface area contributed by atoms with Crippen LogP contribution in [0.2, 0.25) is 0 Å². The molecule has 0 spiro atoms. The molecule has 5 aliphatic carbocycles. The van der Waals surface area contributed by atoms with Gasteiger partial charge in [0, 0.05) is 35.8 Å². The second-order valence-electron chi connectivity index (χ2n) is 12.2. The van der Waals surface area contributed by atoms with Gasteiger partial charge in [0.15, 0.2) is 0 Å². The third-order valence-corrected chi connectivity index (χ3v) is 11.0. The second kappa shape index (κ2) is 10.6. The highest BCUT2D eigenvalue weighted by molar-refractivity contribution is 6.21. The number of alkyl halides is 3. The highest BCUT2D eigenvalue weighted by Crippen LogP contribution is 2.53. The van der Waals surface area contributed by atoms with Crippen molar-refractivity contribution in [1.82, 2.24) is 10.2 Å². The number of amides is 2. The quantitative estimate of drug-likeness (QED) is 0.470. The highest BCUT2D eigenvalue weighted by atomic mass is 35.5. The van der Waals surface area contributed by atoms with E-state index in [1.54, 1.807) is 0 Å². The summed E-state index contributed by atoms with van der Waals surface area (Å²) >= 11 is 12.2. The van der Waals surface area contributed by atoms with Crippen LogP contribution in [0.3, 0.4) is 0 Å². The molecule has 0 aromatic rings. The van der Waals surface area contributed by atoms with E-state index in [9.17, 15) is 14.0 Å². The lowest BCUT2D eigenvalue weighted by Gasteiger charge is -2.53. The Labute approximate surface area is 219 Å². The summed E-state index contributed by atoms with van der Waals surface area (Å²) in [7, 11) is 0. The van der Waals surface area contributed by atoms with E-state index < -0.39 is 11.5 Å². The Bertz CT molecular complexity index is 766. The van der Waals surface area contributed by atoms with Crippen molar-refractivity contribution in [2.75, 3.05) is 19.7 Å². The van der Waals surface area contributed by atoms with Crippen LogP contribution < -0.4 is 5.32 Å². The summed E-state index contributed by atoms with van der Waals surface area (Å²) in [6.07, 6.45) is 11.2. The number of hydrogen-bond donors (Lipinski definition) is 1. The molecule has 0 aromatic carbocycles. The van der Waals surface area contributed by atoms with Crippen LogP contribution in [0.25, 0.3) is 0 Å². The summed E-state index contributed by atoms with van der Waals surface area (Å²) < 4.78 is 19.6. The standard InChI is InChI=1S/C27H41Cl2FN2O3/c28-20-3-1-18(2-4-20)19-7-14-32(16-19)25(34)26-8-11-27(12-9-26,13-10-26)31-24(33)17-35-21-5-6-22(29)23(30)15-21/h18-23H,1-17H2,(H,31,33). The number of carbonyl (C=O) groups excluding carboxylic acids is 2. The van der Waals surface area contributed by atoms with Crippen molar-refractivity contribution in [1.29, 1.82) is 0 Å². The Morgan fingerprint density at radius 3 is 2.26 bits per heavy atom. The van der Waals surface area contributed by atoms with Crippen molar-refractivity contribution in [2.24, 2.45) is 17.3 Å². The Balaban J connectivity index is 1.08. The molecule has 1 N–H and O–H groups in total. The van der Waals surface area contributed by atoms with Gasteiger partial charge < -0.3 is 15.0 Å². The van der Waals surface area contributed by atoms with E-state index in [-0.39, 0.29) is 36.0 Å². The fourth-order valence-electron chi connectivity index (χ4n) is 7.66. The van der Waals surface area contributed by atoms with Crippen molar-refractivity contribution < 1.29 is 18.7 Å². The third-order valence-electron chi connectivity index (χ3n) is 10.1. The zero-order chi connectivity index (χ0) is 24.6. The molecule has 2 bridgehead atoms. The molecule has 35 heavy (non-hydrogen) atoms. The van der Waals surface area contributed by atoms with Crippen LogP contribution in [0.5, 0.6) is 0 Å². The van der Waals surface area contributed by atoms with Crippen molar-refractivity contribution in [3.8, 4) is 0 Å². The Kier molecular flexibility index (Phi) is 7.92. The van der Waals surface area contributed by atoms with Crippen LogP contribution >= 0.6 is 23.2 Å². The van der Waals surface area contributed by atoms with Crippen molar-refractivity contribution >= 4 is 35.0 Å². The number of hydrogen-bond acceptors (Lipinski definition) is 3. The van der Waals surface area contributed by atoms with Crippen molar-refractivity contribution in [3.63, 3.8) is 0 Å². The van der Waals surface area contributed by atoms with Crippen molar-refractivity contribution in [3.05, 3.63) is 0 Å². The first-order chi connectivity index (χ1) is 16.8. The molecular formula is C27H41Cl2FN2O3. The maximum absolute atomic E-state index is 13.8. The van der Waals surface area contributed by atoms with E-state index >= 15 is 0 Å². The fourth-order valence-corrected chi connectivity index (χ4v) is 8.14. The molecule has 0 aromatic heterocycles. The fraction of sp³-hybridized carbons (Fsp3) is 0.926. The lowest BCUT2D eigenvalue weighted by atomic mass is 9.56. The minimum Gasteiger partial charge on any atom is -0.368 e. The summed E-state index contributed by atoms with van der Waals surface area (Å²) in [5, 5.41) is 3.14. The first-order valence-corrected chi connectivity index (χ1v) is 14.8. The van der Waals surface area contributed by atoms with Gasteiger partial charge in [-0.1, -0.05) is 0 Å². The smallest absolute Gasteiger partial charge is 0.246 e. The first kappa shape index (κ1) is 26.0. The van der Waals surface area contributed by atoms with Gasteiger partial charge in [0.2, 0.25) is 11.8 Å². The van der Waals surface area contributed by atoms with Gasteiger partial charge in [0.05, 0.1) is 11.5 Å². The van der Waals surface area contributed by atoms with E-state index in [1.165, 1.54) is 12.8 Å². The van der Waals surface area contributed by atoms with Crippen LogP contribution in [0.15, 0.2) is 0 Å². The molecule has 1 heterocycles. The molecule has 2 amide bonds. The average Bonchev–Trinajstić information content (AvgIpc) is 3.36. The van der Waals surface area contributed by atoms with Gasteiger partial charge in [-0.15, -0.1) is 23.2 Å². The van der Waals surface area contributed by atoms with Gasteiger partial charge in [-0.05, 0) is 95.3 Å². The minimum absolute atomic E-state index is 0.0308. The van der Waals surface area contributed by atoms with Crippen LogP contribution in [0, 0.1) is 17.3 Å². The van der Waals surface area contributed by atoms with Crippen LogP contribution in [0.1, 0.15) is 89.9 Å². The van der Waals surface area contributed by atoms with E-state index in [0.717, 1.165) is 76.8 Å². The van der Waals surface area contributed by atoms with Gasteiger partial charge in [-0.25, -0.2) is 4.39 Å². The summed E-state index contributed by atoms with van der Waals surface area (Å²) in [4.78, 5) is 28.5. The Morgan fingerprint density at radius 1 is 0.914 bits per heavy atom. The molecule has 0 radical (unpaired) electrons. The predicted molar refractivity (Wildman–Crippen MR) is 135 cm³/mol. The Morgan fingerprint density at radius 2 is 1.60 bits per heavy atom. The molecule has 6 fully saturated rings. The monoisotopic (exact) mass is 530 g/mol. The normalized spacial score (nSPS) is 43.8. The summed E-state index contributed by atoms with van der Waals surface area (Å²) in [5.41, 5.74) is -0.450. The predicted octanol–water partition coefficient (Wildman–Crippen LogP) is 5.36. The van der Waals surface area contributed by atoms with Gasteiger partial charge >= 0.3 is 0 Å². The van der Waals surface area contributed by atoms with Crippen LogP contribution in [-0.2, 0) is 14.3 Å². The SMILES string of the molecule is O=C(COC1CCC(Cl)C(F)C1)NC12CCC(C(=O)N3CCC(C4CCC(Cl)CC4)C3)(CC1)CC2. The zero-order valence-corrected chi connectivity index (χ0v) is 22.3. The van der Waals surface area contributed by atoms with Crippen LogP contribution in [0.4, 0.5) is 4.39 Å². The lowest BCUT2D eigenvalue weighted by molar-refractivity contribution is -0.150. The second-order valence-corrected chi connectivity index (χ2v) is 13.4. The molecule has 4 unspecified atom stereocenters. The third kappa shape index (κ3) is 5.65. The topological polar surface area (TPSA) is 58.6 Å². The molecule has 4 atom stereocenters. The molecule has 1 aliphatic heterocycles.